The summed E-state index contributed by atoms with van der Waals surface area (Å²) in [5.41, 5.74) is 2.99. The van der Waals surface area contributed by atoms with Crippen molar-refractivity contribution in [3.05, 3.63) is 35.4 Å². The third-order valence-electron chi connectivity index (χ3n) is 4.59. The molecule has 1 saturated heterocycles. The Kier molecular flexibility index (Phi) is 3.56. The topological polar surface area (TPSA) is 40.5 Å². The number of nitrogens with zero attached hydrogens (tertiary/aromatic N) is 1. The van der Waals surface area contributed by atoms with E-state index in [2.05, 4.69) is 29.2 Å². The van der Waals surface area contributed by atoms with Crippen LogP contribution in [0.1, 0.15) is 36.3 Å². The molecule has 0 amide bonds. The van der Waals surface area contributed by atoms with Gasteiger partial charge >= 0.3 is 5.97 Å². The van der Waals surface area contributed by atoms with Gasteiger partial charge in [-0.15, -0.1) is 0 Å². The summed E-state index contributed by atoms with van der Waals surface area (Å²) in [6.07, 6.45) is 4.51. The summed E-state index contributed by atoms with van der Waals surface area (Å²) in [4.78, 5) is 13.3. The second-order valence-corrected chi connectivity index (χ2v) is 5.87. The second-order valence-electron chi connectivity index (χ2n) is 5.87. The van der Waals surface area contributed by atoms with Gasteiger partial charge in [0, 0.05) is 13.1 Å². The molecule has 0 radical (unpaired) electrons. The lowest BCUT2D eigenvalue weighted by Gasteiger charge is -2.29. The first-order valence-electron chi connectivity index (χ1n) is 7.27. The van der Waals surface area contributed by atoms with E-state index in [9.17, 15) is 4.79 Å². The van der Waals surface area contributed by atoms with Crippen molar-refractivity contribution >= 4 is 5.97 Å². The third kappa shape index (κ3) is 2.66. The van der Waals surface area contributed by atoms with Crippen molar-refractivity contribution in [2.75, 3.05) is 19.6 Å². The number of benzene rings is 1. The molecule has 0 aromatic heterocycles. The van der Waals surface area contributed by atoms with Crippen molar-refractivity contribution < 1.29 is 9.90 Å². The molecular weight excluding hydrogens is 238 g/mol. The molecular formula is C16H21NO2. The lowest BCUT2D eigenvalue weighted by Crippen LogP contribution is -2.29. The molecule has 102 valence electrons. The highest BCUT2D eigenvalue weighted by Crippen LogP contribution is 2.33. The summed E-state index contributed by atoms with van der Waals surface area (Å²) in [7, 11) is 0. The summed E-state index contributed by atoms with van der Waals surface area (Å²) >= 11 is 0. The Bertz CT molecular complexity index is 472. The quantitative estimate of drug-likeness (QED) is 0.906. The van der Waals surface area contributed by atoms with Crippen molar-refractivity contribution in [1.29, 1.82) is 0 Å². The summed E-state index contributed by atoms with van der Waals surface area (Å²) in [6.45, 7) is 2.70. The lowest BCUT2D eigenvalue weighted by atomic mass is 9.82. The van der Waals surface area contributed by atoms with Crippen LogP contribution in [0.3, 0.4) is 0 Å². The van der Waals surface area contributed by atoms with Gasteiger partial charge in [-0.25, -0.2) is 0 Å². The van der Waals surface area contributed by atoms with Crippen LogP contribution in [-0.2, 0) is 11.2 Å². The lowest BCUT2D eigenvalue weighted by molar-refractivity contribution is -0.141. The average Bonchev–Trinajstić information content (AvgIpc) is 2.88. The van der Waals surface area contributed by atoms with Gasteiger partial charge in [-0.1, -0.05) is 24.3 Å². The molecule has 1 fully saturated rings. The number of fused-ring (bicyclic) bond motifs is 1. The van der Waals surface area contributed by atoms with E-state index in [1.165, 1.54) is 30.4 Å². The van der Waals surface area contributed by atoms with Gasteiger partial charge in [-0.05, 0) is 49.3 Å². The van der Waals surface area contributed by atoms with Crippen molar-refractivity contribution in [1.82, 2.24) is 4.90 Å². The highest BCUT2D eigenvalue weighted by Gasteiger charge is 2.30. The fraction of sp³-hybridized carbons (Fsp3) is 0.562. The number of rotatable bonds is 3. The maximum Gasteiger partial charge on any atom is 0.307 e. The van der Waals surface area contributed by atoms with Crippen LogP contribution in [0.4, 0.5) is 0 Å². The standard InChI is InChI=1S/C16H21NO2/c18-16(19)14-8-9-17(11-14)10-13-6-3-5-12-4-1-2-7-15(12)13/h1-2,4,7,13-14H,3,5-6,8-11H2,(H,18,19)/t13-,14-/m1/s1. The molecule has 2 atom stereocenters. The van der Waals surface area contributed by atoms with Gasteiger partial charge in [0.1, 0.15) is 0 Å². The fourth-order valence-corrected chi connectivity index (χ4v) is 3.56. The van der Waals surface area contributed by atoms with Crippen molar-refractivity contribution in [3.63, 3.8) is 0 Å². The van der Waals surface area contributed by atoms with E-state index in [-0.39, 0.29) is 5.92 Å². The summed E-state index contributed by atoms with van der Waals surface area (Å²) in [6, 6.07) is 8.74. The number of hydrogen-bond acceptors (Lipinski definition) is 2. The third-order valence-corrected chi connectivity index (χ3v) is 4.59. The van der Waals surface area contributed by atoms with Gasteiger partial charge < -0.3 is 10.0 Å². The molecule has 3 nitrogen and oxygen atoms in total. The Morgan fingerprint density at radius 3 is 2.95 bits per heavy atom. The SMILES string of the molecule is O=C(O)[C@@H]1CCN(C[C@H]2CCCc3ccccc32)C1. The molecule has 0 unspecified atom stereocenters. The van der Waals surface area contributed by atoms with Gasteiger partial charge in [0.25, 0.3) is 0 Å². The number of aryl methyl sites for hydroxylation is 1. The molecule has 2 aliphatic rings. The summed E-state index contributed by atoms with van der Waals surface area (Å²) in [5, 5.41) is 9.07. The number of carboxylic acids is 1. The minimum Gasteiger partial charge on any atom is -0.481 e. The maximum atomic E-state index is 11.0. The molecule has 3 rings (SSSR count). The minimum absolute atomic E-state index is 0.154. The number of carbonyl (C=O) groups is 1. The van der Waals surface area contributed by atoms with E-state index >= 15 is 0 Å². The Morgan fingerprint density at radius 1 is 1.32 bits per heavy atom. The molecule has 1 aromatic rings. The number of likely N-dealkylation sites (tertiary alicyclic amines) is 1. The van der Waals surface area contributed by atoms with Crippen LogP contribution in [0.15, 0.2) is 24.3 Å². The first kappa shape index (κ1) is 12.7. The van der Waals surface area contributed by atoms with E-state index in [1.807, 2.05) is 0 Å². The van der Waals surface area contributed by atoms with Crippen LogP contribution >= 0.6 is 0 Å². The van der Waals surface area contributed by atoms with Gasteiger partial charge in [0.05, 0.1) is 5.92 Å². The molecule has 0 bridgehead atoms. The molecule has 0 saturated carbocycles. The van der Waals surface area contributed by atoms with Gasteiger partial charge in [0.2, 0.25) is 0 Å². The zero-order valence-corrected chi connectivity index (χ0v) is 11.2. The Labute approximate surface area is 114 Å². The van der Waals surface area contributed by atoms with Crippen molar-refractivity contribution in [2.24, 2.45) is 5.92 Å². The van der Waals surface area contributed by atoms with Crippen LogP contribution in [0, 0.1) is 5.92 Å². The summed E-state index contributed by atoms with van der Waals surface area (Å²) in [5.74, 6) is -0.192. The number of hydrogen-bond donors (Lipinski definition) is 1. The number of carboxylic acid groups (broad SMARTS) is 1. The van der Waals surface area contributed by atoms with Crippen molar-refractivity contribution in [3.8, 4) is 0 Å². The minimum atomic E-state index is -0.633. The monoisotopic (exact) mass is 259 g/mol. The molecule has 19 heavy (non-hydrogen) atoms. The predicted molar refractivity (Wildman–Crippen MR) is 74.3 cm³/mol. The highest BCUT2D eigenvalue weighted by molar-refractivity contribution is 5.70. The van der Waals surface area contributed by atoms with Crippen LogP contribution in [0.25, 0.3) is 0 Å². The van der Waals surface area contributed by atoms with E-state index in [0.29, 0.717) is 5.92 Å². The Balaban J connectivity index is 1.67. The van der Waals surface area contributed by atoms with E-state index in [4.69, 9.17) is 5.11 Å². The van der Waals surface area contributed by atoms with Crippen molar-refractivity contribution in [2.45, 2.75) is 31.6 Å². The van der Waals surface area contributed by atoms with Crippen LogP contribution < -0.4 is 0 Å². The van der Waals surface area contributed by atoms with Crippen LogP contribution in [0.5, 0.6) is 0 Å². The highest BCUT2D eigenvalue weighted by atomic mass is 16.4. The molecule has 1 heterocycles. The predicted octanol–water partition coefficient (Wildman–Crippen LogP) is 2.51. The largest absolute Gasteiger partial charge is 0.481 e. The molecule has 0 spiro atoms. The Hall–Kier alpha value is -1.35. The van der Waals surface area contributed by atoms with Gasteiger partial charge in [-0.2, -0.15) is 0 Å². The van der Waals surface area contributed by atoms with E-state index in [0.717, 1.165) is 26.1 Å². The normalized spacial score (nSPS) is 27.2. The first-order chi connectivity index (χ1) is 9.24. The van der Waals surface area contributed by atoms with E-state index in [1.54, 1.807) is 0 Å². The Morgan fingerprint density at radius 2 is 2.16 bits per heavy atom. The molecule has 1 aliphatic carbocycles. The zero-order chi connectivity index (χ0) is 13.2. The molecule has 1 aromatic carbocycles. The van der Waals surface area contributed by atoms with E-state index < -0.39 is 5.97 Å². The van der Waals surface area contributed by atoms with Gasteiger partial charge in [-0.3, -0.25) is 4.79 Å². The summed E-state index contributed by atoms with van der Waals surface area (Å²) < 4.78 is 0. The molecule has 1 aliphatic heterocycles. The first-order valence-corrected chi connectivity index (χ1v) is 7.27. The average molecular weight is 259 g/mol. The van der Waals surface area contributed by atoms with Gasteiger partial charge in [0.15, 0.2) is 0 Å². The van der Waals surface area contributed by atoms with Crippen LogP contribution in [-0.4, -0.2) is 35.6 Å². The fourth-order valence-electron chi connectivity index (χ4n) is 3.56. The smallest absolute Gasteiger partial charge is 0.307 e. The second kappa shape index (κ2) is 5.33. The zero-order valence-electron chi connectivity index (χ0n) is 11.2. The molecule has 1 N–H and O–H groups in total. The van der Waals surface area contributed by atoms with Crippen LogP contribution in [0.2, 0.25) is 0 Å². The molecule has 3 heteroatoms. The number of aliphatic carboxylic acids is 1. The maximum absolute atomic E-state index is 11.0.